The Labute approximate surface area is 131 Å². The van der Waals surface area contributed by atoms with Crippen LogP contribution < -0.4 is 0 Å². The summed E-state index contributed by atoms with van der Waals surface area (Å²) in [6.45, 7) is 0. The van der Waals surface area contributed by atoms with Gasteiger partial charge in [0.25, 0.3) is 0 Å². The van der Waals surface area contributed by atoms with Gasteiger partial charge in [0, 0.05) is 10.6 Å². The normalized spacial score (nSPS) is 10.6. The number of carboxylic acid groups (broad SMARTS) is 1. The van der Waals surface area contributed by atoms with Gasteiger partial charge in [0.1, 0.15) is 5.69 Å². The van der Waals surface area contributed by atoms with Gasteiger partial charge >= 0.3 is 5.97 Å². The molecule has 0 aliphatic carbocycles. The van der Waals surface area contributed by atoms with Crippen LogP contribution in [0.5, 0.6) is 0 Å². The SMILES string of the molecule is O=C(O)Cc1c(-c2ccccc2)nnn1-c1cccc(Cl)c1. The molecule has 110 valence electrons. The average molecular weight is 314 g/mol. The van der Waals surface area contributed by atoms with Crippen molar-refractivity contribution in [3.05, 3.63) is 65.3 Å². The molecule has 1 aromatic heterocycles. The maximum Gasteiger partial charge on any atom is 0.309 e. The van der Waals surface area contributed by atoms with Crippen LogP contribution >= 0.6 is 11.6 Å². The van der Waals surface area contributed by atoms with Crippen LogP contribution in [0.1, 0.15) is 5.69 Å². The number of carbonyl (C=O) groups is 1. The first kappa shape index (κ1) is 14.3. The predicted molar refractivity (Wildman–Crippen MR) is 83.1 cm³/mol. The molecule has 0 fully saturated rings. The van der Waals surface area contributed by atoms with Crippen molar-refractivity contribution in [3.63, 3.8) is 0 Å². The van der Waals surface area contributed by atoms with E-state index in [1.54, 1.807) is 24.3 Å². The molecule has 5 nitrogen and oxygen atoms in total. The summed E-state index contributed by atoms with van der Waals surface area (Å²) >= 11 is 6.00. The molecule has 3 aromatic rings. The van der Waals surface area contributed by atoms with Gasteiger partial charge < -0.3 is 5.11 Å². The van der Waals surface area contributed by atoms with E-state index < -0.39 is 5.97 Å². The van der Waals surface area contributed by atoms with Crippen LogP contribution in [0.15, 0.2) is 54.6 Å². The summed E-state index contributed by atoms with van der Waals surface area (Å²) in [6, 6.07) is 16.4. The summed E-state index contributed by atoms with van der Waals surface area (Å²) in [5.41, 5.74) is 2.58. The van der Waals surface area contributed by atoms with E-state index in [-0.39, 0.29) is 6.42 Å². The van der Waals surface area contributed by atoms with Crippen molar-refractivity contribution < 1.29 is 9.90 Å². The highest BCUT2D eigenvalue weighted by molar-refractivity contribution is 6.30. The first-order valence-corrected chi connectivity index (χ1v) is 7.00. The summed E-state index contributed by atoms with van der Waals surface area (Å²) in [5.74, 6) is -0.942. The van der Waals surface area contributed by atoms with E-state index in [0.29, 0.717) is 22.1 Å². The van der Waals surface area contributed by atoms with Gasteiger partial charge in [-0.3, -0.25) is 4.79 Å². The molecule has 0 aliphatic rings. The highest BCUT2D eigenvalue weighted by Gasteiger charge is 2.18. The summed E-state index contributed by atoms with van der Waals surface area (Å²) in [5, 5.41) is 18.0. The fourth-order valence-electron chi connectivity index (χ4n) is 2.24. The summed E-state index contributed by atoms with van der Waals surface area (Å²) in [7, 11) is 0. The van der Waals surface area contributed by atoms with Crippen LogP contribution in [0.25, 0.3) is 16.9 Å². The van der Waals surface area contributed by atoms with Crippen LogP contribution in [0.3, 0.4) is 0 Å². The van der Waals surface area contributed by atoms with Gasteiger partial charge in [-0.15, -0.1) is 5.10 Å². The third kappa shape index (κ3) is 2.84. The molecule has 2 aromatic carbocycles. The zero-order chi connectivity index (χ0) is 15.5. The standard InChI is InChI=1S/C16H12ClN3O2/c17-12-7-4-8-13(9-12)20-14(10-15(21)22)16(18-19-20)11-5-2-1-3-6-11/h1-9H,10H2,(H,21,22). The molecule has 3 rings (SSSR count). The van der Waals surface area contributed by atoms with Crippen molar-refractivity contribution in [2.75, 3.05) is 0 Å². The largest absolute Gasteiger partial charge is 0.481 e. The van der Waals surface area contributed by atoms with Crippen LogP contribution in [-0.2, 0) is 11.2 Å². The molecular formula is C16H12ClN3O2. The average Bonchev–Trinajstić information content (AvgIpc) is 2.91. The van der Waals surface area contributed by atoms with Gasteiger partial charge in [-0.05, 0) is 18.2 Å². The fourth-order valence-corrected chi connectivity index (χ4v) is 2.42. The highest BCUT2D eigenvalue weighted by Crippen LogP contribution is 2.24. The smallest absolute Gasteiger partial charge is 0.309 e. The molecule has 0 atom stereocenters. The lowest BCUT2D eigenvalue weighted by Crippen LogP contribution is -2.09. The molecule has 1 heterocycles. The molecule has 0 aliphatic heterocycles. The third-order valence-electron chi connectivity index (χ3n) is 3.18. The molecular weight excluding hydrogens is 302 g/mol. The van der Waals surface area contributed by atoms with Crippen LogP contribution in [0.4, 0.5) is 0 Å². The quantitative estimate of drug-likeness (QED) is 0.803. The number of rotatable bonds is 4. The second kappa shape index (κ2) is 5.99. The van der Waals surface area contributed by atoms with Crippen LogP contribution in [0, 0.1) is 0 Å². The zero-order valence-electron chi connectivity index (χ0n) is 11.5. The number of carboxylic acids is 1. The van der Waals surface area contributed by atoms with Crippen molar-refractivity contribution in [1.29, 1.82) is 0 Å². The minimum Gasteiger partial charge on any atom is -0.481 e. The number of halogens is 1. The maximum absolute atomic E-state index is 11.2. The Morgan fingerprint density at radius 3 is 2.59 bits per heavy atom. The molecule has 0 saturated carbocycles. The van der Waals surface area contributed by atoms with Crippen molar-refractivity contribution >= 4 is 17.6 Å². The molecule has 0 radical (unpaired) electrons. The molecule has 0 spiro atoms. The van der Waals surface area contributed by atoms with Gasteiger partial charge in [0.2, 0.25) is 0 Å². The Hall–Kier alpha value is -2.66. The van der Waals surface area contributed by atoms with E-state index in [2.05, 4.69) is 10.3 Å². The molecule has 6 heteroatoms. The van der Waals surface area contributed by atoms with E-state index in [0.717, 1.165) is 5.56 Å². The first-order valence-electron chi connectivity index (χ1n) is 6.63. The second-order valence-electron chi connectivity index (χ2n) is 4.71. The van der Waals surface area contributed by atoms with Crippen molar-refractivity contribution in [2.24, 2.45) is 0 Å². The number of nitrogens with zero attached hydrogens (tertiary/aromatic N) is 3. The summed E-state index contributed by atoms with van der Waals surface area (Å²) < 4.78 is 1.52. The van der Waals surface area contributed by atoms with Crippen LogP contribution in [-0.4, -0.2) is 26.1 Å². The van der Waals surface area contributed by atoms with E-state index in [4.69, 9.17) is 11.6 Å². The Balaban J connectivity index is 2.15. The van der Waals surface area contributed by atoms with Gasteiger partial charge in [0.05, 0.1) is 17.8 Å². The summed E-state index contributed by atoms with van der Waals surface area (Å²) in [4.78, 5) is 11.2. The molecule has 0 amide bonds. The molecule has 1 N–H and O–H groups in total. The predicted octanol–water partition coefficient (Wildman–Crippen LogP) is 3.21. The third-order valence-corrected chi connectivity index (χ3v) is 3.42. The fraction of sp³-hybridized carbons (Fsp3) is 0.0625. The van der Waals surface area contributed by atoms with Crippen LogP contribution in [0.2, 0.25) is 5.02 Å². The van der Waals surface area contributed by atoms with E-state index in [9.17, 15) is 9.90 Å². The van der Waals surface area contributed by atoms with Gasteiger partial charge in [0.15, 0.2) is 0 Å². The topological polar surface area (TPSA) is 68.0 Å². The lowest BCUT2D eigenvalue weighted by molar-refractivity contribution is -0.136. The first-order chi connectivity index (χ1) is 10.6. The highest BCUT2D eigenvalue weighted by atomic mass is 35.5. The van der Waals surface area contributed by atoms with Crippen molar-refractivity contribution in [1.82, 2.24) is 15.0 Å². The van der Waals surface area contributed by atoms with Gasteiger partial charge in [-0.1, -0.05) is 53.2 Å². The number of aliphatic carboxylic acids is 1. The lowest BCUT2D eigenvalue weighted by atomic mass is 10.1. The monoisotopic (exact) mass is 313 g/mol. The molecule has 0 bridgehead atoms. The second-order valence-corrected chi connectivity index (χ2v) is 5.15. The van der Waals surface area contributed by atoms with E-state index in [1.165, 1.54) is 4.68 Å². The maximum atomic E-state index is 11.2. The minimum absolute atomic E-state index is 0.177. The lowest BCUT2D eigenvalue weighted by Gasteiger charge is -2.06. The number of aromatic nitrogens is 3. The molecule has 22 heavy (non-hydrogen) atoms. The molecule has 0 unspecified atom stereocenters. The number of hydrogen-bond acceptors (Lipinski definition) is 3. The van der Waals surface area contributed by atoms with E-state index >= 15 is 0 Å². The van der Waals surface area contributed by atoms with Crippen molar-refractivity contribution in [2.45, 2.75) is 6.42 Å². The van der Waals surface area contributed by atoms with Crippen molar-refractivity contribution in [3.8, 4) is 16.9 Å². The Morgan fingerprint density at radius 1 is 1.14 bits per heavy atom. The minimum atomic E-state index is -0.942. The Bertz CT molecular complexity index is 815. The Kier molecular flexibility index (Phi) is 3.89. The van der Waals surface area contributed by atoms with Gasteiger partial charge in [-0.25, -0.2) is 4.68 Å². The molecule has 0 saturated heterocycles. The van der Waals surface area contributed by atoms with Gasteiger partial charge in [-0.2, -0.15) is 0 Å². The number of benzene rings is 2. The number of hydrogen-bond donors (Lipinski definition) is 1. The van der Waals surface area contributed by atoms with E-state index in [1.807, 2.05) is 30.3 Å². The Morgan fingerprint density at radius 2 is 1.91 bits per heavy atom. The zero-order valence-corrected chi connectivity index (χ0v) is 12.2. The summed E-state index contributed by atoms with van der Waals surface area (Å²) in [6.07, 6.45) is -0.177.